The zero-order valence-electron chi connectivity index (χ0n) is 16.5. The van der Waals surface area contributed by atoms with Crippen LogP contribution < -0.4 is 0 Å². The van der Waals surface area contributed by atoms with Crippen LogP contribution in [0.2, 0.25) is 10.0 Å². The van der Waals surface area contributed by atoms with Gasteiger partial charge < -0.3 is 19.8 Å². The molecule has 1 aliphatic rings. The monoisotopic (exact) mass is 441 g/mol. The maximum absolute atomic E-state index is 12.6. The number of aliphatic hydroxyl groups excluding tert-OH is 1. The average Bonchev–Trinajstić information content (AvgIpc) is 2.88. The molecular formula is C20H25Cl2N3O4. The molecule has 1 saturated heterocycles. The summed E-state index contributed by atoms with van der Waals surface area (Å²) in [5, 5.41) is 10.1. The zero-order chi connectivity index (χ0) is 21.6. The summed E-state index contributed by atoms with van der Waals surface area (Å²) in [6, 6.07) is 4.33. The SMILES string of the molecule is CN(C)C(=O)C(CCO)N1CCN(C(=O)/C=C/c2ccc(Cl)c(Cl)c2)CCC1=O. The van der Waals surface area contributed by atoms with Crippen molar-refractivity contribution in [3.05, 3.63) is 39.9 Å². The van der Waals surface area contributed by atoms with Gasteiger partial charge in [0.2, 0.25) is 17.7 Å². The van der Waals surface area contributed by atoms with Crippen molar-refractivity contribution in [3.8, 4) is 0 Å². The lowest BCUT2D eigenvalue weighted by molar-refractivity contribution is -0.144. The number of rotatable bonds is 6. The number of benzene rings is 1. The lowest BCUT2D eigenvalue weighted by Gasteiger charge is -2.31. The molecule has 1 heterocycles. The van der Waals surface area contributed by atoms with Crippen LogP contribution >= 0.6 is 23.2 Å². The normalized spacial score (nSPS) is 16.1. The molecular weight excluding hydrogens is 417 g/mol. The van der Waals surface area contributed by atoms with Crippen molar-refractivity contribution in [2.45, 2.75) is 18.9 Å². The first-order valence-electron chi connectivity index (χ1n) is 9.28. The van der Waals surface area contributed by atoms with Crippen molar-refractivity contribution in [1.82, 2.24) is 14.7 Å². The Morgan fingerprint density at radius 2 is 1.93 bits per heavy atom. The molecule has 0 spiro atoms. The molecule has 0 bridgehead atoms. The van der Waals surface area contributed by atoms with Crippen LogP contribution in [0.15, 0.2) is 24.3 Å². The molecule has 1 aliphatic heterocycles. The summed E-state index contributed by atoms with van der Waals surface area (Å²) < 4.78 is 0. The molecule has 1 N–H and O–H groups in total. The Morgan fingerprint density at radius 3 is 2.55 bits per heavy atom. The van der Waals surface area contributed by atoms with Crippen LogP contribution in [0.4, 0.5) is 0 Å². The summed E-state index contributed by atoms with van der Waals surface area (Å²) in [6.45, 7) is 0.597. The van der Waals surface area contributed by atoms with E-state index in [4.69, 9.17) is 23.2 Å². The minimum absolute atomic E-state index is 0.120. The Morgan fingerprint density at radius 1 is 1.21 bits per heavy atom. The van der Waals surface area contributed by atoms with Gasteiger partial charge in [0.15, 0.2) is 0 Å². The molecule has 2 rings (SSSR count). The van der Waals surface area contributed by atoms with Gasteiger partial charge in [-0.3, -0.25) is 14.4 Å². The van der Waals surface area contributed by atoms with Gasteiger partial charge in [-0.15, -0.1) is 0 Å². The summed E-state index contributed by atoms with van der Waals surface area (Å²) in [4.78, 5) is 42.0. The van der Waals surface area contributed by atoms with Crippen LogP contribution in [0.3, 0.4) is 0 Å². The van der Waals surface area contributed by atoms with Gasteiger partial charge in [0, 0.05) is 52.8 Å². The second kappa shape index (κ2) is 10.6. The van der Waals surface area contributed by atoms with Gasteiger partial charge in [0.25, 0.3) is 0 Å². The Hall–Kier alpha value is -2.09. The van der Waals surface area contributed by atoms with E-state index in [-0.39, 0.29) is 50.3 Å². The van der Waals surface area contributed by atoms with Crippen molar-refractivity contribution in [2.24, 2.45) is 0 Å². The molecule has 1 fully saturated rings. The number of nitrogens with zero attached hydrogens (tertiary/aromatic N) is 3. The van der Waals surface area contributed by atoms with E-state index in [2.05, 4.69) is 0 Å². The number of carbonyl (C=O) groups is 3. The van der Waals surface area contributed by atoms with E-state index < -0.39 is 6.04 Å². The van der Waals surface area contributed by atoms with Gasteiger partial charge in [-0.2, -0.15) is 0 Å². The van der Waals surface area contributed by atoms with E-state index in [1.54, 1.807) is 43.3 Å². The maximum Gasteiger partial charge on any atom is 0.246 e. The highest BCUT2D eigenvalue weighted by molar-refractivity contribution is 6.42. The van der Waals surface area contributed by atoms with Gasteiger partial charge in [-0.05, 0) is 30.2 Å². The largest absolute Gasteiger partial charge is 0.396 e. The highest BCUT2D eigenvalue weighted by Crippen LogP contribution is 2.23. The van der Waals surface area contributed by atoms with E-state index in [0.717, 1.165) is 5.56 Å². The fourth-order valence-corrected chi connectivity index (χ4v) is 3.42. The number of hydrogen-bond acceptors (Lipinski definition) is 4. The van der Waals surface area contributed by atoms with E-state index in [9.17, 15) is 19.5 Å². The zero-order valence-corrected chi connectivity index (χ0v) is 18.0. The number of hydrogen-bond donors (Lipinski definition) is 1. The van der Waals surface area contributed by atoms with Crippen LogP contribution in [-0.4, -0.2) is 83.9 Å². The molecule has 9 heteroatoms. The Bertz CT molecular complexity index is 798. The van der Waals surface area contributed by atoms with Gasteiger partial charge in [0.05, 0.1) is 10.0 Å². The molecule has 0 aliphatic carbocycles. The van der Waals surface area contributed by atoms with Crippen LogP contribution in [0.1, 0.15) is 18.4 Å². The lowest BCUT2D eigenvalue weighted by atomic mass is 10.1. The van der Waals surface area contributed by atoms with Crippen molar-refractivity contribution in [3.63, 3.8) is 0 Å². The Labute approximate surface area is 180 Å². The van der Waals surface area contributed by atoms with Gasteiger partial charge in [-0.1, -0.05) is 29.3 Å². The van der Waals surface area contributed by atoms with E-state index in [0.29, 0.717) is 16.6 Å². The molecule has 1 aromatic rings. The number of halogens is 2. The summed E-state index contributed by atoms with van der Waals surface area (Å²) in [5.41, 5.74) is 0.736. The highest BCUT2D eigenvalue weighted by Gasteiger charge is 2.33. The molecule has 0 aromatic heterocycles. The molecule has 29 heavy (non-hydrogen) atoms. The van der Waals surface area contributed by atoms with Crippen LogP contribution in [0.25, 0.3) is 6.08 Å². The fraction of sp³-hybridized carbons (Fsp3) is 0.450. The molecule has 0 saturated carbocycles. The number of aliphatic hydroxyl groups is 1. The fourth-order valence-electron chi connectivity index (χ4n) is 3.11. The van der Waals surface area contributed by atoms with Crippen LogP contribution in [0, 0.1) is 0 Å². The van der Waals surface area contributed by atoms with E-state index in [1.807, 2.05) is 0 Å². The average molecular weight is 442 g/mol. The minimum Gasteiger partial charge on any atom is -0.396 e. The third-order valence-electron chi connectivity index (χ3n) is 4.71. The number of carbonyl (C=O) groups excluding carboxylic acids is 3. The molecule has 0 radical (unpaired) electrons. The minimum atomic E-state index is -0.732. The van der Waals surface area contributed by atoms with Crippen molar-refractivity contribution in [2.75, 3.05) is 40.3 Å². The van der Waals surface area contributed by atoms with Crippen molar-refractivity contribution < 1.29 is 19.5 Å². The number of likely N-dealkylation sites (N-methyl/N-ethyl adjacent to an activating group) is 1. The highest BCUT2D eigenvalue weighted by atomic mass is 35.5. The first-order valence-corrected chi connectivity index (χ1v) is 10.0. The van der Waals surface area contributed by atoms with Gasteiger partial charge in [0.1, 0.15) is 6.04 Å². The third-order valence-corrected chi connectivity index (χ3v) is 5.44. The van der Waals surface area contributed by atoms with Gasteiger partial charge in [-0.25, -0.2) is 0 Å². The lowest BCUT2D eigenvalue weighted by Crippen LogP contribution is -2.50. The van der Waals surface area contributed by atoms with Gasteiger partial charge >= 0.3 is 0 Å². The third kappa shape index (κ3) is 6.19. The first kappa shape index (κ1) is 23.2. The molecule has 3 amide bonds. The Balaban J connectivity index is 2.07. The molecule has 158 valence electrons. The summed E-state index contributed by atoms with van der Waals surface area (Å²) in [5.74, 6) is -0.683. The van der Waals surface area contributed by atoms with Crippen molar-refractivity contribution >= 4 is 47.0 Å². The summed E-state index contributed by atoms with van der Waals surface area (Å²) >= 11 is 11.9. The standard InChI is InChI=1S/C20H25Cl2N3O4/c1-23(2)20(29)17(8-12-26)25-11-10-24(9-7-19(25)28)18(27)6-4-14-3-5-15(21)16(22)13-14/h3-6,13,17,26H,7-12H2,1-2H3/b6-4+. The molecule has 1 unspecified atom stereocenters. The summed E-state index contributed by atoms with van der Waals surface area (Å²) in [7, 11) is 3.22. The predicted octanol–water partition coefficient (Wildman–Crippen LogP) is 1.91. The molecule has 1 atom stereocenters. The quantitative estimate of drug-likeness (QED) is 0.683. The molecule has 1 aromatic carbocycles. The summed E-state index contributed by atoms with van der Waals surface area (Å²) in [6.07, 6.45) is 3.35. The van der Waals surface area contributed by atoms with E-state index in [1.165, 1.54) is 15.9 Å². The van der Waals surface area contributed by atoms with E-state index >= 15 is 0 Å². The Kier molecular flexibility index (Phi) is 8.49. The smallest absolute Gasteiger partial charge is 0.246 e. The molecule has 7 nitrogen and oxygen atoms in total. The predicted molar refractivity (Wildman–Crippen MR) is 113 cm³/mol. The first-order chi connectivity index (χ1) is 13.7. The second-order valence-corrected chi connectivity index (χ2v) is 7.74. The van der Waals surface area contributed by atoms with Crippen molar-refractivity contribution in [1.29, 1.82) is 0 Å². The second-order valence-electron chi connectivity index (χ2n) is 6.93. The maximum atomic E-state index is 12.6. The topological polar surface area (TPSA) is 81.2 Å². The number of amides is 3. The van der Waals surface area contributed by atoms with Crippen LogP contribution in [-0.2, 0) is 14.4 Å². The van der Waals surface area contributed by atoms with Crippen LogP contribution in [0.5, 0.6) is 0 Å².